The Balaban J connectivity index is 1.28. The van der Waals surface area contributed by atoms with Crippen molar-refractivity contribution in [3.8, 4) is 17.4 Å². The Kier molecular flexibility index (Phi) is 10.2. The van der Waals surface area contributed by atoms with Crippen LogP contribution in [-0.2, 0) is 17.8 Å². The van der Waals surface area contributed by atoms with Gasteiger partial charge in [0.05, 0.1) is 28.8 Å². The molecule has 1 aliphatic heterocycles. The second kappa shape index (κ2) is 14.4. The fourth-order valence-corrected chi connectivity index (χ4v) is 5.65. The fourth-order valence-electron chi connectivity index (χ4n) is 5.45. The van der Waals surface area contributed by atoms with E-state index < -0.39 is 6.04 Å². The van der Waals surface area contributed by atoms with E-state index in [1.165, 1.54) is 11.1 Å². The maximum atomic E-state index is 13.6. The first-order chi connectivity index (χ1) is 21.3. The number of halogens is 1. The van der Waals surface area contributed by atoms with Crippen molar-refractivity contribution in [2.45, 2.75) is 58.2 Å². The van der Waals surface area contributed by atoms with Gasteiger partial charge < -0.3 is 20.0 Å². The Morgan fingerprint density at radius 3 is 2.43 bits per heavy atom. The molecule has 7 nitrogen and oxygen atoms in total. The molecule has 4 aromatic rings. The molecule has 226 valence electrons. The largest absolute Gasteiger partial charge is 0.460 e. The summed E-state index contributed by atoms with van der Waals surface area (Å²) in [5, 5.41) is 16.0. The van der Waals surface area contributed by atoms with Gasteiger partial charge in [0.2, 0.25) is 5.91 Å². The maximum absolute atomic E-state index is 13.6. The number of hydrogen-bond donors (Lipinski definition) is 2. The SMILES string of the molecule is Cc1ccc(C(C)NCc2ccc(-c3ccc(Cl)c(C(=O)NC(CC(=O)N4CCCC4)Cc4ccc(C#N)cc4)c3)o2)cc1. The number of furan rings is 1. The average Bonchev–Trinajstić information content (AvgIpc) is 3.74. The zero-order chi connectivity index (χ0) is 31.1. The van der Waals surface area contributed by atoms with E-state index in [2.05, 4.69) is 54.8 Å². The molecule has 2 N–H and O–H groups in total. The zero-order valence-electron chi connectivity index (χ0n) is 25.1. The van der Waals surface area contributed by atoms with Gasteiger partial charge in [-0.3, -0.25) is 9.59 Å². The van der Waals surface area contributed by atoms with E-state index in [1.807, 2.05) is 35.2 Å². The summed E-state index contributed by atoms with van der Waals surface area (Å²) in [6, 6.07) is 26.6. The summed E-state index contributed by atoms with van der Waals surface area (Å²) < 4.78 is 6.13. The van der Waals surface area contributed by atoms with Gasteiger partial charge in [-0.05, 0) is 86.7 Å². The van der Waals surface area contributed by atoms with Crippen LogP contribution in [0.5, 0.6) is 0 Å². The van der Waals surface area contributed by atoms with E-state index >= 15 is 0 Å². The lowest BCUT2D eigenvalue weighted by atomic mass is 10.0. The number of hydrogen-bond acceptors (Lipinski definition) is 5. The standard InChI is InChI=1S/C36H37ClN4O3/c1-24-5-11-28(12-6-24)25(2)39-23-31-14-16-34(44-31)29-13-15-33(37)32(20-29)36(43)40-30(21-35(42)41-17-3-4-18-41)19-26-7-9-27(22-38)10-8-26/h5-16,20,25,30,39H,3-4,17-19,21,23H2,1-2H3,(H,40,43). The fraction of sp³-hybridized carbons (Fsp3) is 0.306. The van der Waals surface area contributed by atoms with Crippen LogP contribution in [0.3, 0.4) is 0 Å². The summed E-state index contributed by atoms with van der Waals surface area (Å²) in [6.45, 7) is 6.24. The number of nitrogens with one attached hydrogen (secondary N) is 2. The highest BCUT2D eigenvalue weighted by molar-refractivity contribution is 6.34. The van der Waals surface area contributed by atoms with E-state index in [9.17, 15) is 9.59 Å². The predicted octanol–water partition coefficient (Wildman–Crippen LogP) is 6.98. The summed E-state index contributed by atoms with van der Waals surface area (Å²) in [7, 11) is 0. The number of carbonyl (C=O) groups excluding carboxylic acids is 2. The van der Waals surface area contributed by atoms with Gasteiger partial charge >= 0.3 is 0 Å². The molecule has 2 unspecified atom stereocenters. The Morgan fingerprint density at radius 1 is 1.00 bits per heavy atom. The van der Waals surface area contributed by atoms with E-state index in [0.717, 1.165) is 42.8 Å². The number of benzene rings is 3. The first kappa shape index (κ1) is 31.1. The van der Waals surface area contributed by atoms with Gasteiger partial charge in [0.1, 0.15) is 11.5 Å². The first-order valence-electron chi connectivity index (χ1n) is 15.1. The van der Waals surface area contributed by atoms with Gasteiger partial charge in [0, 0.05) is 37.2 Å². The van der Waals surface area contributed by atoms with Gasteiger partial charge in [-0.2, -0.15) is 5.26 Å². The molecular formula is C36H37ClN4O3. The van der Waals surface area contributed by atoms with Crippen molar-refractivity contribution in [1.82, 2.24) is 15.5 Å². The highest BCUT2D eigenvalue weighted by atomic mass is 35.5. The normalized spacial score (nSPS) is 14.2. The van der Waals surface area contributed by atoms with E-state index in [0.29, 0.717) is 34.9 Å². The Hall–Kier alpha value is -4.38. The van der Waals surface area contributed by atoms with E-state index in [1.54, 1.807) is 24.3 Å². The first-order valence-corrected chi connectivity index (χ1v) is 15.4. The number of likely N-dealkylation sites (tertiary alicyclic amines) is 1. The minimum atomic E-state index is -0.444. The summed E-state index contributed by atoms with van der Waals surface area (Å²) in [5.41, 5.74) is 4.96. The minimum Gasteiger partial charge on any atom is -0.460 e. The van der Waals surface area contributed by atoms with Crippen LogP contribution in [0, 0.1) is 18.3 Å². The molecule has 3 aromatic carbocycles. The summed E-state index contributed by atoms with van der Waals surface area (Å²) in [6.07, 6.45) is 2.62. The smallest absolute Gasteiger partial charge is 0.253 e. The molecule has 1 fully saturated rings. The lowest BCUT2D eigenvalue weighted by Gasteiger charge is -2.22. The molecule has 0 radical (unpaired) electrons. The molecule has 2 heterocycles. The van der Waals surface area contributed by atoms with Crippen LogP contribution < -0.4 is 10.6 Å². The maximum Gasteiger partial charge on any atom is 0.253 e. The van der Waals surface area contributed by atoms with Crippen molar-refractivity contribution in [3.63, 3.8) is 0 Å². The van der Waals surface area contributed by atoms with Crippen molar-refractivity contribution >= 4 is 23.4 Å². The summed E-state index contributed by atoms with van der Waals surface area (Å²) in [5.74, 6) is 1.08. The number of nitriles is 1. The molecule has 2 amide bonds. The van der Waals surface area contributed by atoms with Crippen molar-refractivity contribution in [2.24, 2.45) is 0 Å². The van der Waals surface area contributed by atoms with Crippen molar-refractivity contribution in [2.75, 3.05) is 13.1 Å². The van der Waals surface area contributed by atoms with Crippen molar-refractivity contribution in [3.05, 3.63) is 117 Å². The van der Waals surface area contributed by atoms with Crippen LogP contribution in [0.2, 0.25) is 5.02 Å². The molecule has 2 atom stereocenters. The number of carbonyl (C=O) groups is 2. The molecule has 0 bridgehead atoms. The lowest BCUT2D eigenvalue weighted by molar-refractivity contribution is -0.130. The number of nitrogens with zero attached hydrogens (tertiary/aromatic N) is 2. The monoisotopic (exact) mass is 608 g/mol. The van der Waals surface area contributed by atoms with Gasteiger partial charge in [-0.15, -0.1) is 0 Å². The lowest BCUT2D eigenvalue weighted by Crippen LogP contribution is -2.41. The Labute approximate surface area is 263 Å². The molecule has 44 heavy (non-hydrogen) atoms. The number of amides is 2. The van der Waals surface area contributed by atoms with Gasteiger partial charge in [-0.1, -0.05) is 53.6 Å². The summed E-state index contributed by atoms with van der Waals surface area (Å²) in [4.78, 5) is 28.5. The molecule has 0 aliphatic carbocycles. The van der Waals surface area contributed by atoms with Gasteiger partial charge in [0.15, 0.2) is 0 Å². The highest BCUT2D eigenvalue weighted by Gasteiger charge is 2.25. The van der Waals surface area contributed by atoms with Gasteiger partial charge in [-0.25, -0.2) is 0 Å². The van der Waals surface area contributed by atoms with Crippen LogP contribution in [-0.4, -0.2) is 35.8 Å². The zero-order valence-corrected chi connectivity index (χ0v) is 25.9. The molecule has 8 heteroatoms. The average molecular weight is 609 g/mol. The third-order valence-corrected chi connectivity index (χ3v) is 8.43. The topological polar surface area (TPSA) is 98.4 Å². The molecular weight excluding hydrogens is 572 g/mol. The van der Waals surface area contributed by atoms with Gasteiger partial charge in [0.25, 0.3) is 5.91 Å². The van der Waals surface area contributed by atoms with Crippen molar-refractivity contribution in [1.29, 1.82) is 5.26 Å². The third kappa shape index (κ3) is 7.96. The van der Waals surface area contributed by atoms with E-state index in [4.69, 9.17) is 21.3 Å². The third-order valence-electron chi connectivity index (χ3n) is 8.10. The second-order valence-corrected chi connectivity index (χ2v) is 11.9. The number of aryl methyl sites for hydroxylation is 1. The highest BCUT2D eigenvalue weighted by Crippen LogP contribution is 2.28. The number of rotatable bonds is 11. The second-order valence-electron chi connectivity index (χ2n) is 11.4. The van der Waals surface area contributed by atoms with Crippen LogP contribution in [0.4, 0.5) is 0 Å². The van der Waals surface area contributed by atoms with Crippen molar-refractivity contribution < 1.29 is 14.0 Å². The quantitative estimate of drug-likeness (QED) is 0.191. The van der Waals surface area contributed by atoms with Crippen LogP contribution >= 0.6 is 11.6 Å². The molecule has 0 saturated carbocycles. The van der Waals surface area contributed by atoms with Crippen LogP contribution in [0.15, 0.2) is 83.3 Å². The molecule has 1 aromatic heterocycles. The molecule has 5 rings (SSSR count). The Bertz CT molecular complexity index is 1630. The molecule has 1 saturated heterocycles. The van der Waals surface area contributed by atoms with Crippen LogP contribution in [0.1, 0.15) is 70.6 Å². The van der Waals surface area contributed by atoms with E-state index in [-0.39, 0.29) is 24.3 Å². The molecule has 0 spiro atoms. The van der Waals surface area contributed by atoms with Crippen LogP contribution in [0.25, 0.3) is 11.3 Å². The predicted molar refractivity (Wildman–Crippen MR) is 172 cm³/mol. The summed E-state index contributed by atoms with van der Waals surface area (Å²) >= 11 is 6.52. The molecule has 1 aliphatic rings. The Morgan fingerprint density at radius 2 is 1.73 bits per heavy atom. The minimum absolute atomic E-state index is 0.0229.